The molecule has 0 saturated carbocycles. The fraction of sp³-hybridized carbons (Fsp3) is 0.0345. The van der Waals surface area contributed by atoms with Crippen molar-refractivity contribution >= 4 is 28.3 Å². The number of hydrogen-bond donors (Lipinski definition) is 2. The van der Waals surface area contributed by atoms with Crippen LogP contribution in [0, 0.1) is 0 Å². The molecule has 0 saturated heterocycles. The third-order valence-electron chi connectivity index (χ3n) is 6.13. The molecule has 1 aliphatic carbocycles. The lowest BCUT2D eigenvalue weighted by molar-refractivity contribution is 0.252. The van der Waals surface area contributed by atoms with Crippen LogP contribution in [-0.2, 0) is 6.54 Å². The summed E-state index contributed by atoms with van der Waals surface area (Å²) in [5, 5.41) is 8.56. The summed E-state index contributed by atoms with van der Waals surface area (Å²) in [4.78, 5) is 12.6. The number of rotatable bonds is 4. The van der Waals surface area contributed by atoms with Crippen LogP contribution in [0.1, 0.15) is 16.7 Å². The second-order valence-electron chi connectivity index (χ2n) is 8.25. The molecule has 2 amide bonds. The van der Waals surface area contributed by atoms with Gasteiger partial charge in [-0.2, -0.15) is 5.10 Å². The van der Waals surface area contributed by atoms with Gasteiger partial charge in [0.25, 0.3) is 0 Å². The summed E-state index contributed by atoms with van der Waals surface area (Å²) >= 11 is 0. The summed E-state index contributed by atoms with van der Waals surface area (Å²) in [6.45, 7) is 0.750. The van der Waals surface area contributed by atoms with Gasteiger partial charge < -0.3 is 9.88 Å². The van der Waals surface area contributed by atoms with Crippen molar-refractivity contribution in [1.82, 2.24) is 9.99 Å². The van der Waals surface area contributed by atoms with Gasteiger partial charge in [-0.1, -0.05) is 91.0 Å². The first-order valence-corrected chi connectivity index (χ1v) is 11.2. The molecule has 0 atom stereocenters. The number of amides is 2. The maximum Gasteiger partial charge on any atom is 0.339 e. The molecular weight excluding hydrogens is 420 g/mol. The summed E-state index contributed by atoms with van der Waals surface area (Å²) in [6, 6.07) is 36.1. The van der Waals surface area contributed by atoms with Crippen molar-refractivity contribution in [1.29, 1.82) is 0 Å². The van der Waals surface area contributed by atoms with E-state index in [1.165, 1.54) is 5.56 Å². The molecular formula is C29H22N4O. The van der Waals surface area contributed by atoms with E-state index in [-0.39, 0.29) is 6.03 Å². The van der Waals surface area contributed by atoms with E-state index >= 15 is 0 Å². The minimum Gasteiger partial charge on any atom is -0.335 e. The molecule has 1 aliphatic rings. The smallest absolute Gasteiger partial charge is 0.335 e. The van der Waals surface area contributed by atoms with Gasteiger partial charge in [0.2, 0.25) is 0 Å². The summed E-state index contributed by atoms with van der Waals surface area (Å²) < 4.78 is 2.35. The predicted octanol–water partition coefficient (Wildman–Crippen LogP) is 6.24. The van der Waals surface area contributed by atoms with Gasteiger partial charge in [-0.15, -0.1) is 0 Å². The number of nitrogens with one attached hydrogen (secondary N) is 2. The summed E-state index contributed by atoms with van der Waals surface area (Å²) in [7, 11) is 0. The first kappa shape index (κ1) is 20.0. The number of anilines is 1. The summed E-state index contributed by atoms with van der Waals surface area (Å²) in [5.74, 6) is 0. The average Bonchev–Trinajstić information content (AvgIpc) is 3.37. The maximum atomic E-state index is 12.6. The number of benzene rings is 4. The van der Waals surface area contributed by atoms with Crippen LogP contribution in [0.5, 0.6) is 0 Å². The number of nitrogens with zero attached hydrogens (tertiary/aromatic N) is 2. The maximum absolute atomic E-state index is 12.6. The van der Waals surface area contributed by atoms with Gasteiger partial charge in [0.05, 0.1) is 5.69 Å². The van der Waals surface area contributed by atoms with E-state index in [2.05, 4.69) is 75.0 Å². The second kappa shape index (κ2) is 8.37. The Morgan fingerprint density at radius 1 is 0.735 bits per heavy atom. The highest BCUT2D eigenvalue weighted by Crippen LogP contribution is 2.43. The molecule has 4 aromatic carbocycles. The van der Waals surface area contributed by atoms with Crippen LogP contribution in [0.15, 0.2) is 114 Å². The normalized spacial score (nSPS) is 13.0. The van der Waals surface area contributed by atoms with Gasteiger partial charge in [-0.25, -0.2) is 10.2 Å². The van der Waals surface area contributed by atoms with Crippen LogP contribution < -0.4 is 10.7 Å². The molecule has 1 heterocycles. The van der Waals surface area contributed by atoms with Gasteiger partial charge in [0.1, 0.15) is 5.71 Å². The molecule has 5 heteroatoms. The third kappa shape index (κ3) is 3.44. The van der Waals surface area contributed by atoms with Crippen LogP contribution >= 0.6 is 0 Å². The molecule has 164 valence electrons. The SMILES string of the molecule is O=C(N/N=C1\c2ccccc2-c2c1c1ccccc1n2Cc1ccccc1)Nc1ccccc1. The molecule has 0 aliphatic heterocycles. The number of hydrogen-bond acceptors (Lipinski definition) is 2. The minimum atomic E-state index is -0.377. The summed E-state index contributed by atoms with van der Waals surface area (Å²) in [5.41, 5.74) is 10.9. The van der Waals surface area contributed by atoms with Crippen molar-refractivity contribution in [2.45, 2.75) is 6.54 Å². The fourth-order valence-corrected chi connectivity index (χ4v) is 4.69. The number of fused-ring (bicyclic) bond motifs is 5. The van der Waals surface area contributed by atoms with Crippen molar-refractivity contribution in [3.05, 3.63) is 126 Å². The van der Waals surface area contributed by atoms with Crippen molar-refractivity contribution in [3.8, 4) is 11.3 Å². The third-order valence-corrected chi connectivity index (χ3v) is 6.13. The second-order valence-corrected chi connectivity index (χ2v) is 8.25. The Bertz CT molecular complexity index is 1540. The zero-order valence-corrected chi connectivity index (χ0v) is 18.4. The van der Waals surface area contributed by atoms with Crippen LogP contribution in [0.4, 0.5) is 10.5 Å². The first-order chi connectivity index (χ1) is 16.8. The monoisotopic (exact) mass is 442 g/mol. The van der Waals surface area contributed by atoms with Crippen molar-refractivity contribution < 1.29 is 4.79 Å². The van der Waals surface area contributed by atoms with Crippen LogP contribution in [0.3, 0.4) is 0 Å². The minimum absolute atomic E-state index is 0.377. The van der Waals surface area contributed by atoms with Crippen LogP contribution in [0.2, 0.25) is 0 Å². The van der Waals surface area contributed by atoms with Gasteiger partial charge in [-0.05, 0) is 23.8 Å². The lowest BCUT2D eigenvalue weighted by Gasteiger charge is -2.11. The molecule has 6 rings (SSSR count). The molecule has 5 nitrogen and oxygen atoms in total. The van der Waals surface area contributed by atoms with Gasteiger partial charge >= 0.3 is 6.03 Å². The Balaban J connectivity index is 1.46. The predicted molar refractivity (Wildman–Crippen MR) is 137 cm³/mol. The Labute approximate surface area is 197 Å². The highest BCUT2D eigenvalue weighted by atomic mass is 16.2. The van der Waals surface area contributed by atoms with Crippen LogP contribution in [0.25, 0.3) is 22.2 Å². The topological polar surface area (TPSA) is 58.4 Å². The highest BCUT2D eigenvalue weighted by Gasteiger charge is 2.32. The number of carbonyl (C=O) groups excluding carboxylic acids is 1. The van der Waals surface area contributed by atoms with E-state index in [9.17, 15) is 4.79 Å². The average molecular weight is 443 g/mol. The zero-order chi connectivity index (χ0) is 22.9. The lowest BCUT2D eigenvalue weighted by Crippen LogP contribution is -2.25. The number of para-hydroxylation sites is 2. The van der Waals surface area contributed by atoms with Crippen molar-refractivity contribution in [2.24, 2.45) is 5.10 Å². The van der Waals surface area contributed by atoms with Gasteiger partial charge in [-0.3, -0.25) is 0 Å². The Hall–Kier alpha value is -4.64. The number of aromatic nitrogens is 1. The zero-order valence-electron chi connectivity index (χ0n) is 18.4. The molecule has 1 aromatic heterocycles. The molecule has 0 unspecified atom stereocenters. The Kier molecular flexibility index (Phi) is 4.92. The first-order valence-electron chi connectivity index (χ1n) is 11.2. The summed E-state index contributed by atoms with van der Waals surface area (Å²) in [6.07, 6.45) is 0. The Morgan fingerprint density at radius 2 is 1.38 bits per heavy atom. The number of urea groups is 1. The van der Waals surface area contributed by atoms with E-state index in [0.717, 1.165) is 45.5 Å². The van der Waals surface area contributed by atoms with E-state index in [4.69, 9.17) is 0 Å². The molecule has 0 spiro atoms. The fourth-order valence-electron chi connectivity index (χ4n) is 4.69. The van der Waals surface area contributed by atoms with Crippen molar-refractivity contribution in [2.75, 3.05) is 5.32 Å². The van der Waals surface area contributed by atoms with E-state index in [0.29, 0.717) is 5.69 Å². The number of hydrazone groups is 1. The van der Waals surface area contributed by atoms with E-state index in [1.54, 1.807) is 0 Å². The quantitative estimate of drug-likeness (QED) is 0.312. The molecule has 0 bridgehead atoms. The Morgan fingerprint density at radius 3 is 2.18 bits per heavy atom. The largest absolute Gasteiger partial charge is 0.339 e. The molecule has 0 radical (unpaired) electrons. The van der Waals surface area contributed by atoms with Crippen molar-refractivity contribution in [3.63, 3.8) is 0 Å². The lowest BCUT2D eigenvalue weighted by atomic mass is 10.1. The molecule has 5 aromatic rings. The number of carbonyl (C=O) groups is 1. The molecule has 2 N–H and O–H groups in total. The molecule has 0 fully saturated rings. The van der Waals surface area contributed by atoms with E-state index < -0.39 is 0 Å². The van der Waals surface area contributed by atoms with E-state index in [1.807, 2.05) is 54.6 Å². The highest BCUT2D eigenvalue weighted by molar-refractivity contribution is 6.30. The van der Waals surface area contributed by atoms with Crippen LogP contribution in [-0.4, -0.2) is 16.3 Å². The van der Waals surface area contributed by atoms with Gasteiger partial charge in [0, 0.05) is 39.8 Å². The molecule has 34 heavy (non-hydrogen) atoms. The standard InChI is InChI=1S/C29H22N4O/c34-29(30-21-13-5-2-6-14-21)32-31-27-22-15-7-8-16-23(22)28-26(27)24-17-9-10-18-25(24)33(28)19-20-11-3-1-4-12-20/h1-18H,19H2,(H2,30,32,34)/b31-27+. The van der Waals surface area contributed by atoms with Gasteiger partial charge in [0.15, 0.2) is 0 Å².